The lowest BCUT2D eigenvalue weighted by molar-refractivity contribution is -0.123. The van der Waals surface area contributed by atoms with Gasteiger partial charge in [0.25, 0.3) is 0 Å². The molecule has 1 aromatic rings. The number of oxime groups is 1. The SMILES string of the molecule is Cc1ccc(NC(=O)C2(C(N)=NO)CCCCC2)c(Br)c1. The summed E-state index contributed by atoms with van der Waals surface area (Å²) in [7, 11) is 0. The molecule has 114 valence electrons. The Hall–Kier alpha value is -1.56. The molecule has 21 heavy (non-hydrogen) atoms. The Morgan fingerprint density at radius 3 is 2.62 bits per heavy atom. The van der Waals surface area contributed by atoms with Crippen molar-refractivity contribution >= 4 is 33.4 Å². The normalized spacial score (nSPS) is 18.3. The Kier molecular flexibility index (Phi) is 4.88. The number of hydrogen-bond donors (Lipinski definition) is 3. The third kappa shape index (κ3) is 3.20. The van der Waals surface area contributed by atoms with E-state index in [1.54, 1.807) is 0 Å². The zero-order valence-electron chi connectivity index (χ0n) is 12.0. The van der Waals surface area contributed by atoms with E-state index in [2.05, 4.69) is 26.4 Å². The van der Waals surface area contributed by atoms with Crippen molar-refractivity contribution in [1.82, 2.24) is 0 Å². The highest BCUT2D eigenvalue weighted by atomic mass is 79.9. The zero-order chi connectivity index (χ0) is 15.5. The van der Waals surface area contributed by atoms with Gasteiger partial charge in [-0.1, -0.05) is 30.5 Å². The summed E-state index contributed by atoms with van der Waals surface area (Å²) in [5, 5.41) is 15.0. The molecule has 2 rings (SSSR count). The van der Waals surface area contributed by atoms with E-state index in [-0.39, 0.29) is 11.7 Å². The molecule has 0 bridgehead atoms. The van der Waals surface area contributed by atoms with Crippen LogP contribution >= 0.6 is 15.9 Å². The van der Waals surface area contributed by atoms with Crippen LogP contribution in [0.4, 0.5) is 5.69 Å². The Balaban J connectivity index is 2.27. The number of halogens is 1. The minimum atomic E-state index is -0.905. The number of hydrogen-bond acceptors (Lipinski definition) is 3. The highest BCUT2D eigenvalue weighted by Gasteiger charge is 2.44. The van der Waals surface area contributed by atoms with E-state index in [1.165, 1.54) is 0 Å². The molecule has 0 spiro atoms. The molecule has 1 aromatic carbocycles. The highest BCUT2D eigenvalue weighted by Crippen LogP contribution is 2.38. The molecule has 1 aliphatic carbocycles. The summed E-state index contributed by atoms with van der Waals surface area (Å²) in [4.78, 5) is 12.7. The number of rotatable bonds is 3. The second-order valence-corrected chi connectivity index (χ2v) is 6.42. The van der Waals surface area contributed by atoms with Crippen molar-refractivity contribution < 1.29 is 10.0 Å². The molecular formula is C15H20BrN3O2. The second kappa shape index (κ2) is 6.47. The minimum Gasteiger partial charge on any atom is -0.409 e. The molecule has 6 heteroatoms. The molecule has 0 atom stereocenters. The van der Waals surface area contributed by atoms with Gasteiger partial charge < -0.3 is 16.3 Å². The van der Waals surface area contributed by atoms with Crippen molar-refractivity contribution in [2.75, 3.05) is 5.32 Å². The summed E-state index contributed by atoms with van der Waals surface area (Å²) in [6.07, 6.45) is 4.09. The summed E-state index contributed by atoms with van der Waals surface area (Å²) in [6.45, 7) is 1.98. The van der Waals surface area contributed by atoms with Crippen LogP contribution in [-0.2, 0) is 4.79 Å². The topological polar surface area (TPSA) is 87.7 Å². The van der Waals surface area contributed by atoms with E-state index < -0.39 is 5.41 Å². The van der Waals surface area contributed by atoms with Gasteiger partial charge in [-0.15, -0.1) is 0 Å². The lowest BCUT2D eigenvalue weighted by Crippen LogP contribution is -2.48. The predicted molar refractivity (Wildman–Crippen MR) is 86.4 cm³/mol. The van der Waals surface area contributed by atoms with Gasteiger partial charge in [0.05, 0.1) is 5.69 Å². The third-order valence-corrected chi connectivity index (χ3v) is 4.77. The van der Waals surface area contributed by atoms with Gasteiger partial charge in [0.15, 0.2) is 5.84 Å². The van der Waals surface area contributed by atoms with E-state index >= 15 is 0 Å². The van der Waals surface area contributed by atoms with Gasteiger partial charge in [-0.25, -0.2) is 0 Å². The van der Waals surface area contributed by atoms with Crippen LogP contribution in [0, 0.1) is 12.3 Å². The Bertz CT molecular complexity index is 566. The number of aryl methyl sites for hydroxylation is 1. The molecule has 0 heterocycles. The Labute approximate surface area is 132 Å². The fourth-order valence-electron chi connectivity index (χ4n) is 2.81. The lowest BCUT2D eigenvalue weighted by Gasteiger charge is -2.34. The molecule has 5 nitrogen and oxygen atoms in total. The fraction of sp³-hybridized carbons (Fsp3) is 0.467. The van der Waals surface area contributed by atoms with Gasteiger partial charge in [-0.05, 0) is 53.4 Å². The minimum absolute atomic E-state index is 0.00272. The van der Waals surface area contributed by atoms with Crippen LogP contribution < -0.4 is 11.1 Å². The lowest BCUT2D eigenvalue weighted by atomic mass is 9.72. The first kappa shape index (κ1) is 15.8. The number of benzene rings is 1. The van der Waals surface area contributed by atoms with Crippen LogP contribution in [0.25, 0.3) is 0 Å². The predicted octanol–water partition coefficient (Wildman–Crippen LogP) is 3.39. The summed E-state index contributed by atoms with van der Waals surface area (Å²) in [5.74, 6) is -0.204. The maximum absolute atomic E-state index is 12.7. The quantitative estimate of drug-likeness (QED) is 0.336. The standard InChI is InChI=1S/C15H20BrN3O2/c1-10-5-6-12(11(16)9-10)18-14(20)15(13(17)19-21)7-3-2-4-8-15/h5-6,9,21H,2-4,7-8H2,1H3,(H2,17,19)(H,18,20). The Morgan fingerprint density at radius 2 is 2.05 bits per heavy atom. The molecule has 1 saturated carbocycles. The summed E-state index contributed by atoms with van der Waals surface area (Å²) >= 11 is 3.45. The number of nitrogens with zero attached hydrogens (tertiary/aromatic N) is 1. The molecule has 1 amide bonds. The van der Waals surface area contributed by atoms with E-state index in [0.29, 0.717) is 18.5 Å². The largest absolute Gasteiger partial charge is 0.409 e. The van der Waals surface area contributed by atoms with Crippen LogP contribution in [0.1, 0.15) is 37.7 Å². The number of amides is 1. The fourth-order valence-corrected chi connectivity index (χ4v) is 3.41. The van der Waals surface area contributed by atoms with Crippen molar-refractivity contribution in [3.05, 3.63) is 28.2 Å². The molecule has 0 aliphatic heterocycles. The maximum atomic E-state index is 12.7. The number of amidine groups is 1. The first-order valence-electron chi connectivity index (χ1n) is 7.05. The average Bonchev–Trinajstić information content (AvgIpc) is 2.49. The van der Waals surface area contributed by atoms with Gasteiger partial charge in [-0.3, -0.25) is 4.79 Å². The van der Waals surface area contributed by atoms with Gasteiger partial charge in [0, 0.05) is 4.47 Å². The summed E-state index contributed by atoms with van der Waals surface area (Å²) in [5.41, 5.74) is 6.72. The van der Waals surface area contributed by atoms with Crippen molar-refractivity contribution in [3.8, 4) is 0 Å². The molecule has 0 aromatic heterocycles. The van der Waals surface area contributed by atoms with Crippen molar-refractivity contribution in [2.24, 2.45) is 16.3 Å². The van der Waals surface area contributed by atoms with Gasteiger partial charge in [-0.2, -0.15) is 0 Å². The number of carbonyl (C=O) groups excluding carboxylic acids is 1. The van der Waals surface area contributed by atoms with Crippen LogP contribution in [0.15, 0.2) is 27.8 Å². The van der Waals surface area contributed by atoms with Crippen LogP contribution in [-0.4, -0.2) is 17.0 Å². The smallest absolute Gasteiger partial charge is 0.238 e. The zero-order valence-corrected chi connectivity index (χ0v) is 13.6. The first-order valence-corrected chi connectivity index (χ1v) is 7.84. The Morgan fingerprint density at radius 1 is 1.38 bits per heavy atom. The monoisotopic (exact) mass is 353 g/mol. The molecule has 0 unspecified atom stereocenters. The number of nitrogens with two attached hydrogens (primary N) is 1. The number of anilines is 1. The van der Waals surface area contributed by atoms with Crippen molar-refractivity contribution in [2.45, 2.75) is 39.0 Å². The summed E-state index contributed by atoms with van der Waals surface area (Å²) < 4.78 is 0.821. The van der Waals surface area contributed by atoms with Crippen LogP contribution in [0.3, 0.4) is 0 Å². The number of carbonyl (C=O) groups is 1. The van der Waals surface area contributed by atoms with E-state index in [1.807, 2.05) is 25.1 Å². The maximum Gasteiger partial charge on any atom is 0.238 e. The number of nitrogens with one attached hydrogen (secondary N) is 1. The molecular weight excluding hydrogens is 334 g/mol. The first-order chi connectivity index (χ1) is 9.99. The summed E-state index contributed by atoms with van der Waals surface area (Å²) in [6, 6.07) is 5.71. The van der Waals surface area contributed by atoms with E-state index in [4.69, 9.17) is 10.9 Å². The van der Waals surface area contributed by atoms with Crippen LogP contribution in [0.2, 0.25) is 0 Å². The van der Waals surface area contributed by atoms with Crippen molar-refractivity contribution in [3.63, 3.8) is 0 Å². The van der Waals surface area contributed by atoms with Gasteiger partial charge >= 0.3 is 0 Å². The molecule has 1 fully saturated rings. The average molecular weight is 354 g/mol. The van der Waals surface area contributed by atoms with Gasteiger partial charge in [0.1, 0.15) is 5.41 Å². The molecule has 0 radical (unpaired) electrons. The molecule has 4 N–H and O–H groups in total. The molecule has 0 saturated heterocycles. The van der Waals surface area contributed by atoms with E-state index in [9.17, 15) is 4.79 Å². The highest BCUT2D eigenvalue weighted by molar-refractivity contribution is 9.10. The van der Waals surface area contributed by atoms with E-state index in [0.717, 1.165) is 29.3 Å². The molecule has 1 aliphatic rings. The second-order valence-electron chi connectivity index (χ2n) is 5.57. The van der Waals surface area contributed by atoms with Crippen molar-refractivity contribution in [1.29, 1.82) is 0 Å². The third-order valence-electron chi connectivity index (χ3n) is 4.11. The van der Waals surface area contributed by atoms with Gasteiger partial charge in [0.2, 0.25) is 5.91 Å². The van der Waals surface area contributed by atoms with Crippen LogP contribution in [0.5, 0.6) is 0 Å².